The molecule has 0 aromatic heterocycles. The number of rotatable bonds is 4. The van der Waals surface area contributed by atoms with E-state index in [9.17, 15) is 4.79 Å². The summed E-state index contributed by atoms with van der Waals surface area (Å²) < 4.78 is 0. The van der Waals surface area contributed by atoms with Crippen molar-refractivity contribution in [2.24, 2.45) is 5.92 Å². The van der Waals surface area contributed by atoms with Crippen molar-refractivity contribution in [3.63, 3.8) is 0 Å². The fourth-order valence-electron chi connectivity index (χ4n) is 3.53. The van der Waals surface area contributed by atoms with Gasteiger partial charge in [-0.3, -0.25) is 4.79 Å². The number of hydrogen-bond donors (Lipinski definition) is 1. The van der Waals surface area contributed by atoms with E-state index in [1.165, 1.54) is 0 Å². The highest BCUT2D eigenvalue weighted by molar-refractivity contribution is 6.02. The molecule has 0 amide bonds. The molecule has 4 rings (SSSR count). The van der Waals surface area contributed by atoms with E-state index in [0.717, 1.165) is 28.8 Å². The molecule has 0 bridgehead atoms. The lowest BCUT2D eigenvalue weighted by molar-refractivity contribution is 0.0924. The quantitative estimate of drug-likeness (QED) is 0.742. The van der Waals surface area contributed by atoms with Crippen LogP contribution < -0.4 is 5.32 Å². The number of Topliss-reactive ketones (excluding diaryl/α,β-unsaturated/α-hetero) is 1. The van der Waals surface area contributed by atoms with E-state index >= 15 is 0 Å². The first-order chi connectivity index (χ1) is 11.8. The van der Waals surface area contributed by atoms with Crippen LogP contribution in [0, 0.1) is 5.92 Å². The Morgan fingerprint density at radius 1 is 0.792 bits per heavy atom. The molecule has 1 N–H and O–H groups in total. The van der Waals surface area contributed by atoms with Crippen molar-refractivity contribution in [3.05, 3.63) is 102 Å². The Balaban J connectivity index is 1.70. The molecule has 0 heterocycles. The molecule has 3 aromatic carbocycles. The molecule has 2 atom stereocenters. The van der Waals surface area contributed by atoms with Crippen LogP contribution in [0.2, 0.25) is 0 Å². The molecule has 0 saturated carbocycles. The first kappa shape index (κ1) is 14.7. The highest BCUT2D eigenvalue weighted by Gasteiger charge is 2.36. The molecule has 2 nitrogen and oxygen atoms in total. The number of para-hydroxylation sites is 1. The Bertz CT molecular complexity index is 842. The van der Waals surface area contributed by atoms with E-state index < -0.39 is 0 Å². The number of fused-ring (bicyclic) bond motifs is 1. The van der Waals surface area contributed by atoms with Crippen LogP contribution in [0.25, 0.3) is 0 Å². The zero-order chi connectivity index (χ0) is 16.4. The lowest BCUT2D eigenvalue weighted by Crippen LogP contribution is -2.25. The number of benzene rings is 3. The third-order valence-corrected chi connectivity index (χ3v) is 4.72. The molecular weight excluding hydrogens is 294 g/mol. The van der Waals surface area contributed by atoms with Gasteiger partial charge in [0.2, 0.25) is 0 Å². The van der Waals surface area contributed by atoms with Crippen LogP contribution >= 0.6 is 0 Å². The largest absolute Gasteiger partial charge is 0.377 e. The lowest BCUT2D eigenvalue weighted by Gasteiger charge is -2.25. The Morgan fingerprint density at radius 3 is 2.12 bits per heavy atom. The third kappa shape index (κ3) is 2.71. The maximum absolute atomic E-state index is 13.0. The van der Waals surface area contributed by atoms with Gasteiger partial charge in [-0.2, -0.15) is 0 Å². The predicted molar refractivity (Wildman–Crippen MR) is 97.2 cm³/mol. The maximum Gasteiger partial charge on any atom is 0.168 e. The molecule has 0 fully saturated rings. The summed E-state index contributed by atoms with van der Waals surface area (Å²) >= 11 is 0. The minimum atomic E-state index is -0.0787. The second-order valence-corrected chi connectivity index (χ2v) is 6.23. The van der Waals surface area contributed by atoms with Crippen molar-refractivity contribution < 1.29 is 4.79 Å². The Kier molecular flexibility index (Phi) is 3.87. The number of anilines is 1. The fraction of sp³-hybridized carbons (Fsp3) is 0.136. The van der Waals surface area contributed by atoms with Crippen LogP contribution in [0.15, 0.2) is 84.9 Å². The van der Waals surface area contributed by atoms with Crippen molar-refractivity contribution in [1.82, 2.24) is 0 Å². The number of ketones is 1. The van der Waals surface area contributed by atoms with Gasteiger partial charge in [0.05, 0.1) is 12.0 Å². The minimum absolute atomic E-state index is 0.0338. The number of hydrogen-bond acceptors (Lipinski definition) is 2. The van der Waals surface area contributed by atoms with E-state index in [1.54, 1.807) is 0 Å². The molecule has 2 heteroatoms. The van der Waals surface area contributed by atoms with Crippen molar-refractivity contribution in [3.8, 4) is 0 Å². The van der Waals surface area contributed by atoms with Gasteiger partial charge in [-0.1, -0.05) is 72.8 Å². The predicted octanol–water partition coefficient (Wildman–Crippen LogP) is 4.90. The van der Waals surface area contributed by atoms with Crippen LogP contribution in [-0.4, -0.2) is 5.78 Å². The maximum atomic E-state index is 13.0. The Morgan fingerprint density at radius 2 is 1.42 bits per heavy atom. The smallest absolute Gasteiger partial charge is 0.168 e. The average Bonchev–Trinajstić information content (AvgIpc) is 2.98. The van der Waals surface area contributed by atoms with E-state index in [-0.39, 0.29) is 17.7 Å². The summed E-state index contributed by atoms with van der Waals surface area (Å²) in [4.78, 5) is 13.0. The number of nitrogens with one attached hydrogen (secondary N) is 1. The third-order valence-electron chi connectivity index (χ3n) is 4.72. The molecule has 0 saturated heterocycles. The Hall–Kier alpha value is -2.87. The van der Waals surface area contributed by atoms with Gasteiger partial charge in [-0.25, -0.2) is 0 Å². The van der Waals surface area contributed by atoms with Gasteiger partial charge >= 0.3 is 0 Å². The summed E-state index contributed by atoms with van der Waals surface area (Å²) in [5.74, 6) is 0.160. The van der Waals surface area contributed by atoms with Crippen molar-refractivity contribution in [1.29, 1.82) is 0 Å². The van der Waals surface area contributed by atoms with Gasteiger partial charge in [-0.15, -0.1) is 0 Å². The molecule has 0 aliphatic heterocycles. The van der Waals surface area contributed by atoms with Crippen LogP contribution in [0.4, 0.5) is 5.69 Å². The van der Waals surface area contributed by atoms with Crippen LogP contribution in [0.1, 0.15) is 27.5 Å². The Labute approximate surface area is 142 Å². The first-order valence-electron chi connectivity index (χ1n) is 8.31. The topological polar surface area (TPSA) is 29.1 Å². The monoisotopic (exact) mass is 313 g/mol. The summed E-state index contributed by atoms with van der Waals surface area (Å²) in [6.45, 7) is 0. The molecule has 2 unspecified atom stereocenters. The second-order valence-electron chi connectivity index (χ2n) is 6.23. The normalized spacial score (nSPS) is 17.3. The van der Waals surface area contributed by atoms with Crippen molar-refractivity contribution in [2.45, 2.75) is 12.5 Å². The molecule has 24 heavy (non-hydrogen) atoms. The van der Waals surface area contributed by atoms with Gasteiger partial charge in [-0.05, 0) is 29.7 Å². The second kappa shape index (κ2) is 6.32. The number of carbonyl (C=O) groups is 1. The summed E-state index contributed by atoms with van der Waals surface area (Å²) in [5.41, 5.74) is 4.21. The number of carbonyl (C=O) groups excluding carboxylic acids is 1. The van der Waals surface area contributed by atoms with Crippen molar-refractivity contribution in [2.75, 3.05) is 5.32 Å². The molecule has 1 aliphatic carbocycles. The van der Waals surface area contributed by atoms with E-state index in [4.69, 9.17) is 0 Å². The summed E-state index contributed by atoms with van der Waals surface area (Å²) in [7, 11) is 0. The van der Waals surface area contributed by atoms with E-state index in [1.807, 2.05) is 66.7 Å². The minimum Gasteiger partial charge on any atom is -0.377 e. The van der Waals surface area contributed by atoms with Crippen LogP contribution in [0.5, 0.6) is 0 Å². The van der Waals surface area contributed by atoms with Gasteiger partial charge < -0.3 is 5.32 Å². The molecule has 1 aliphatic rings. The summed E-state index contributed by atoms with van der Waals surface area (Å²) in [6.07, 6.45) is 0.786. The van der Waals surface area contributed by atoms with Crippen molar-refractivity contribution >= 4 is 11.5 Å². The lowest BCUT2D eigenvalue weighted by atomic mass is 9.89. The van der Waals surface area contributed by atoms with E-state index in [0.29, 0.717) is 0 Å². The van der Waals surface area contributed by atoms with Crippen LogP contribution in [0.3, 0.4) is 0 Å². The molecule has 0 radical (unpaired) electrons. The summed E-state index contributed by atoms with van der Waals surface area (Å²) in [6, 6.07) is 28.3. The summed E-state index contributed by atoms with van der Waals surface area (Å²) in [5, 5.41) is 3.58. The van der Waals surface area contributed by atoms with Gasteiger partial charge in [0.15, 0.2) is 5.78 Å². The molecule has 118 valence electrons. The van der Waals surface area contributed by atoms with Gasteiger partial charge in [0, 0.05) is 11.3 Å². The van der Waals surface area contributed by atoms with Gasteiger partial charge in [0.1, 0.15) is 0 Å². The van der Waals surface area contributed by atoms with E-state index in [2.05, 4.69) is 23.5 Å². The molecule has 0 spiro atoms. The average molecular weight is 313 g/mol. The molecule has 3 aromatic rings. The SMILES string of the molecule is O=C1c2ccccc2CC1C(Nc1ccccc1)c1ccccc1. The molecular formula is C22H19NO. The zero-order valence-electron chi connectivity index (χ0n) is 13.4. The fourth-order valence-corrected chi connectivity index (χ4v) is 3.53. The first-order valence-corrected chi connectivity index (χ1v) is 8.31. The zero-order valence-corrected chi connectivity index (χ0v) is 13.4. The van der Waals surface area contributed by atoms with Gasteiger partial charge in [0.25, 0.3) is 0 Å². The highest BCUT2D eigenvalue weighted by Crippen LogP contribution is 2.37. The van der Waals surface area contributed by atoms with Crippen LogP contribution in [-0.2, 0) is 6.42 Å². The highest BCUT2D eigenvalue weighted by atomic mass is 16.1. The standard InChI is InChI=1S/C22H19NO/c24-22-19-14-8-7-11-17(19)15-20(22)21(16-9-3-1-4-10-16)23-18-12-5-2-6-13-18/h1-14,20-21,23H,15H2.